The Hall–Kier alpha value is -2.14. The number of nitrogens with zero attached hydrogens (tertiary/aromatic N) is 5. The van der Waals surface area contributed by atoms with Crippen LogP contribution in [0.2, 0.25) is 0 Å². The fourth-order valence-corrected chi connectivity index (χ4v) is 4.67. The molecule has 0 atom stereocenters. The highest BCUT2D eigenvalue weighted by Gasteiger charge is 2.30. The number of morpholine rings is 1. The van der Waals surface area contributed by atoms with Gasteiger partial charge in [-0.1, -0.05) is 12.1 Å². The number of hydrogen-bond acceptors (Lipinski definition) is 5. The highest BCUT2D eigenvalue weighted by molar-refractivity contribution is 5.74. The minimum absolute atomic E-state index is 0.183. The van der Waals surface area contributed by atoms with Gasteiger partial charge in [0.2, 0.25) is 0 Å². The van der Waals surface area contributed by atoms with E-state index >= 15 is 0 Å². The second kappa shape index (κ2) is 9.57. The van der Waals surface area contributed by atoms with Gasteiger partial charge >= 0.3 is 6.03 Å². The summed E-state index contributed by atoms with van der Waals surface area (Å²) in [6, 6.07) is 11.0. The summed E-state index contributed by atoms with van der Waals surface area (Å²) < 4.78 is 5.35. The van der Waals surface area contributed by atoms with Crippen molar-refractivity contribution in [1.82, 2.24) is 19.6 Å². The van der Waals surface area contributed by atoms with Gasteiger partial charge in [0.1, 0.15) is 0 Å². The lowest BCUT2D eigenvalue weighted by Crippen LogP contribution is -2.57. The Labute approximate surface area is 173 Å². The van der Waals surface area contributed by atoms with Crippen LogP contribution in [-0.4, -0.2) is 97.2 Å². The van der Waals surface area contributed by atoms with Gasteiger partial charge in [0.25, 0.3) is 0 Å². The molecule has 1 aromatic rings. The van der Waals surface area contributed by atoms with E-state index in [1.807, 2.05) is 28.0 Å². The molecule has 7 nitrogen and oxygen atoms in total. The van der Waals surface area contributed by atoms with Gasteiger partial charge in [0, 0.05) is 51.9 Å². The predicted molar refractivity (Wildman–Crippen MR) is 110 cm³/mol. The van der Waals surface area contributed by atoms with Crippen molar-refractivity contribution in [2.24, 2.45) is 0 Å². The van der Waals surface area contributed by atoms with E-state index in [-0.39, 0.29) is 6.03 Å². The van der Waals surface area contributed by atoms with Crippen molar-refractivity contribution in [2.45, 2.75) is 25.4 Å². The predicted octanol–water partition coefficient (Wildman–Crippen LogP) is 1.59. The van der Waals surface area contributed by atoms with Gasteiger partial charge in [0.15, 0.2) is 0 Å². The van der Waals surface area contributed by atoms with E-state index in [0.29, 0.717) is 19.3 Å². The summed E-state index contributed by atoms with van der Waals surface area (Å²) in [5.41, 5.74) is 1.96. The molecule has 3 aliphatic heterocycles. The molecule has 3 saturated heterocycles. The topological polar surface area (TPSA) is 63.1 Å². The van der Waals surface area contributed by atoms with Gasteiger partial charge in [-0.05, 0) is 43.6 Å². The first-order valence-electron chi connectivity index (χ1n) is 10.8. The quantitative estimate of drug-likeness (QED) is 0.775. The molecule has 7 heteroatoms. The van der Waals surface area contributed by atoms with Crippen LogP contribution in [0, 0.1) is 11.3 Å². The van der Waals surface area contributed by atoms with Gasteiger partial charge in [-0.25, -0.2) is 4.79 Å². The number of carbonyl (C=O) groups excluding carboxylic acids is 1. The summed E-state index contributed by atoms with van der Waals surface area (Å²) in [6.45, 7) is 9.47. The molecule has 3 heterocycles. The summed E-state index contributed by atoms with van der Waals surface area (Å²) in [5, 5.41) is 9.07. The number of likely N-dealkylation sites (tertiary alicyclic amines) is 1. The van der Waals surface area contributed by atoms with Crippen LogP contribution in [-0.2, 0) is 11.3 Å². The Morgan fingerprint density at radius 1 is 1.00 bits per heavy atom. The molecular weight excluding hydrogens is 366 g/mol. The van der Waals surface area contributed by atoms with Crippen LogP contribution < -0.4 is 0 Å². The molecule has 0 unspecified atom stereocenters. The van der Waals surface area contributed by atoms with E-state index in [2.05, 4.69) is 21.9 Å². The summed E-state index contributed by atoms with van der Waals surface area (Å²) in [4.78, 5) is 21.7. The fraction of sp³-hybridized carbons (Fsp3) is 0.636. The Morgan fingerprint density at radius 3 is 2.38 bits per heavy atom. The summed E-state index contributed by atoms with van der Waals surface area (Å²) in [6.07, 6.45) is 2.35. The number of piperidine rings is 1. The largest absolute Gasteiger partial charge is 0.378 e. The lowest BCUT2D eigenvalue weighted by Gasteiger charge is -2.43. The highest BCUT2D eigenvalue weighted by Crippen LogP contribution is 2.20. The van der Waals surface area contributed by atoms with E-state index < -0.39 is 0 Å². The molecule has 0 aliphatic carbocycles. The van der Waals surface area contributed by atoms with Gasteiger partial charge in [-0.2, -0.15) is 5.26 Å². The third-order valence-corrected chi connectivity index (χ3v) is 6.40. The van der Waals surface area contributed by atoms with Gasteiger partial charge in [-0.15, -0.1) is 0 Å². The van der Waals surface area contributed by atoms with Crippen LogP contribution in [0.4, 0.5) is 4.79 Å². The number of nitriles is 1. The smallest absolute Gasteiger partial charge is 0.320 e. The minimum atomic E-state index is 0.183. The van der Waals surface area contributed by atoms with Crippen molar-refractivity contribution in [3.8, 4) is 6.07 Å². The van der Waals surface area contributed by atoms with Gasteiger partial charge in [0.05, 0.1) is 24.8 Å². The first-order valence-corrected chi connectivity index (χ1v) is 10.8. The number of urea groups is 1. The number of rotatable bonds is 3. The fourth-order valence-electron chi connectivity index (χ4n) is 4.67. The number of benzene rings is 1. The number of piperazine rings is 1. The van der Waals surface area contributed by atoms with Crippen molar-refractivity contribution in [3.63, 3.8) is 0 Å². The SMILES string of the molecule is N#Cc1cccc(CN2CCC(N3CCN(C(=O)N4CCOCC4)CC3)CC2)c1. The van der Waals surface area contributed by atoms with Gasteiger partial charge < -0.3 is 14.5 Å². The average Bonchev–Trinajstić information content (AvgIpc) is 2.80. The molecule has 3 fully saturated rings. The highest BCUT2D eigenvalue weighted by atomic mass is 16.5. The minimum Gasteiger partial charge on any atom is -0.378 e. The maximum Gasteiger partial charge on any atom is 0.320 e. The van der Waals surface area contributed by atoms with Crippen LogP contribution in [0.25, 0.3) is 0 Å². The standard InChI is InChI=1S/C22H31N5O2/c23-17-19-2-1-3-20(16-19)18-24-6-4-21(5-7-24)25-8-10-26(11-9-25)22(28)27-12-14-29-15-13-27/h1-3,16,21H,4-15,18H2. The Balaban J connectivity index is 1.21. The van der Waals surface area contributed by atoms with Crippen LogP contribution in [0.3, 0.4) is 0 Å². The summed E-state index contributed by atoms with van der Waals surface area (Å²) in [5.74, 6) is 0. The zero-order valence-electron chi connectivity index (χ0n) is 17.1. The zero-order valence-corrected chi connectivity index (χ0v) is 17.1. The van der Waals surface area contributed by atoms with Crippen LogP contribution in [0.1, 0.15) is 24.0 Å². The van der Waals surface area contributed by atoms with E-state index in [0.717, 1.165) is 64.5 Å². The molecule has 0 radical (unpaired) electrons. The van der Waals surface area contributed by atoms with Gasteiger partial charge in [-0.3, -0.25) is 9.80 Å². The third kappa shape index (κ3) is 5.08. The number of ether oxygens (including phenoxy) is 1. The summed E-state index contributed by atoms with van der Waals surface area (Å²) >= 11 is 0. The molecule has 0 saturated carbocycles. The molecule has 0 spiro atoms. The molecule has 3 aliphatic rings. The Morgan fingerprint density at radius 2 is 1.69 bits per heavy atom. The molecule has 0 bridgehead atoms. The molecule has 29 heavy (non-hydrogen) atoms. The molecule has 0 aromatic heterocycles. The van der Waals surface area contributed by atoms with Crippen molar-refractivity contribution in [3.05, 3.63) is 35.4 Å². The monoisotopic (exact) mass is 397 g/mol. The summed E-state index contributed by atoms with van der Waals surface area (Å²) in [7, 11) is 0. The zero-order chi connectivity index (χ0) is 20.1. The normalized spacial score (nSPS) is 22.4. The van der Waals surface area contributed by atoms with Crippen LogP contribution in [0.15, 0.2) is 24.3 Å². The number of hydrogen-bond donors (Lipinski definition) is 0. The first kappa shape index (κ1) is 20.1. The number of carbonyl (C=O) groups is 1. The molecule has 2 amide bonds. The third-order valence-electron chi connectivity index (χ3n) is 6.40. The van der Waals surface area contributed by atoms with Crippen molar-refractivity contribution < 1.29 is 9.53 Å². The van der Waals surface area contributed by atoms with E-state index in [9.17, 15) is 4.79 Å². The first-order chi connectivity index (χ1) is 14.2. The second-order valence-corrected chi connectivity index (χ2v) is 8.22. The van der Waals surface area contributed by atoms with Crippen LogP contribution >= 0.6 is 0 Å². The van der Waals surface area contributed by atoms with E-state index in [1.54, 1.807) is 0 Å². The van der Waals surface area contributed by atoms with Crippen molar-refractivity contribution in [1.29, 1.82) is 5.26 Å². The van der Waals surface area contributed by atoms with Crippen LogP contribution in [0.5, 0.6) is 0 Å². The Kier molecular flexibility index (Phi) is 6.65. The maximum atomic E-state index is 12.6. The molecule has 4 rings (SSSR count). The van der Waals surface area contributed by atoms with E-state index in [1.165, 1.54) is 18.4 Å². The Bertz CT molecular complexity index is 727. The number of amides is 2. The molecular formula is C22H31N5O2. The average molecular weight is 398 g/mol. The van der Waals surface area contributed by atoms with E-state index in [4.69, 9.17) is 10.00 Å². The lowest BCUT2D eigenvalue weighted by atomic mass is 10.0. The van der Waals surface area contributed by atoms with Crippen molar-refractivity contribution >= 4 is 6.03 Å². The molecule has 0 N–H and O–H groups in total. The lowest BCUT2D eigenvalue weighted by molar-refractivity contribution is 0.0295. The second-order valence-electron chi connectivity index (χ2n) is 8.22. The molecule has 1 aromatic carbocycles. The molecule has 156 valence electrons. The van der Waals surface area contributed by atoms with Crippen molar-refractivity contribution in [2.75, 3.05) is 65.6 Å². The maximum absolute atomic E-state index is 12.6.